The van der Waals surface area contributed by atoms with Crippen LogP contribution in [0, 0.1) is 5.82 Å². The SMILES string of the molecule is CN(C)c1ccnc(N[C@H]2CC[C@@H](NC(=O)c3ccc(F)c(C(F)(F)F)c3)CC2)n1. The molecule has 1 heterocycles. The molecule has 2 N–H and O–H groups in total. The normalized spacial score (nSPS) is 19.3. The molecular formula is C20H23F4N5O. The summed E-state index contributed by atoms with van der Waals surface area (Å²) in [6, 6.07) is 4.05. The zero-order valence-corrected chi connectivity index (χ0v) is 16.6. The molecule has 30 heavy (non-hydrogen) atoms. The van der Waals surface area contributed by atoms with Gasteiger partial charge >= 0.3 is 6.18 Å². The summed E-state index contributed by atoms with van der Waals surface area (Å²) in [7, 11) is 3.78. The standard InChI is InChI=1S/C20H23F4N5O/c1-29(2)17-9-10-25-19(28-17)27-14-6-4-13(5-7-14)26-18(30)12-3-8-16(21)15(11-12)20(22,23)24/h3,8-11,13-14H,4-7H2,1-2H3,(H,26,30)(H,25,27,28)/t13-,14+. The maximum atomic E-state index is 13.4. The van der Waals surface area contributed by atoms with Crippen LogP contribution in [0.25, 0.3) is 0 Å². The molecule has 1 fully saturated rings. The first-order valence-electron chi connectivity index (χ1n) is 9.58. The van der Waals surface area contributed by atoms with Crippen molar-refractivity contribution in [3.05, 3.63) is 47.4 Å². The summed E-state index contributed by atoms with van der Waals surface area (Å²) in [6.07, 6.45) is -0.367. The van der Waals surface area contributed by atoms with Crippen molar-refractivity contribution in [3.63, 3.8) is 0 Å². The number of anilines is 2. The summed E-state index contributed by atoms with van der Waals surface area (Å²) in [5.74, 6) is -0.726. The minimum atomic E-state index is -4.85. The van der Waals surface area contributed by atoms with Gasteiger partial charge in [-0.15, -0.1) is 0 Å². The van der Waals surface area contributed by atoms with Crippen molar-refractivity contribution in [2.45, 2.75) is 43.9 Å². The number of hydrogen-bond donors (Lipinski definition) is 2. The first-order valence-corrected chi connectivity index (χ1v) is 9.58. The van der Waals surface area contributed by atoms with Gasteiger partial charge in [-0.2, -0.15) is 18.2 Å². The number of nitrogens with zero attached hydrogens (tertiary/aromatic N) is 3. The van der Waals surface area contributed by atoms with Crippen LogP contribution < -0.4 is 15.5 Å². The van der Waals surface area contributed by atoms with Crippen molar-refractivity contribution in [1.82, 2.24) is 15.3 Å². The Labute approximate surface area is 171 Å². The van der Waals surface area contributed by atoms with Crippen LogP contribution in [0.4, 0.5) is 29.3 Å². The minimum absolute atomic E-state index is 0.137. The van der Waals surface area contributed by atoms with Gasteiger partial charge in [0.05, 0.1) is 5.56 Å². The molecule has 0 radical (unpaired) electrons. The Morgan fingerprint density at radius 2 is 1.77 bits per heavy atom. The van der Waals surface area contributed by atoms with E-state index in [0.29, 0.717) is 30.9 Å². The molecule has 10 heteroatoms. The van der Waals surface area contributed by atoms with E-state index in [0.717, 1.165) is 24.7 Å². The van der Waals surface area contributed by atoms with Gasteiger partial charge in [0.25, 0.3) is 5.91 Å². The molecule has 0 spiro atoms. The molecule has 1 aromatic heterocycles. The lowest BCUT2D eigenvalue weighted by Crippen LogP contribution is -2.40. The van der Waals surface area contributed by atoms with Crippen LogP contribution >= 0.6 is 0 Å². The third-order valence-electron chi connectivity index (χ3n) is 5.03. The lowest BCUT2D eigenvalue weighted by molar-refractivity contribution is -0.140. The summed E-state index contributed by atoms with van der Waals surface area (Å²) in [4.78, 5) is 22.8. The van der Waals surface area contributed by atoms with E-state index < -0.39 is 23.5 Å². The molecule has 0 saturated heterocycles. The van der Waals surface area contributed by atoms with Gasteiger partial charge in [0.2, 0.25) is 5.95 Å². The number of aromatic nitrogens is 2. The Bertz CT molecular complexity index is 895. The number of carbonyl (C=O) groups is 1. The van der Waals surface area contributed by atoms with Crippen molar-refractivity contribution in [2.75, 3.05) is 24.3 Å². The highest BCUT2D eigenvalue weighted by Crippen LogP contribution is 2.32. The summed E-state index contributed by atoms with van der Waals surface area (Å²) in [5.41, 5.74) is -1.65. The Hall–Kier alpha value is -2.91. The predicted molar refractivity (Wildman–Crippen MR) is 105 cm³/mol. The molecule has 1 aliphatic rings. The van der Waals surface area contributed by atoms with Crippen LogP contribution in [0.15, 0.2) is 30.5 Å². The van der Waals surface area contributed by atoms with Crippen molar-refractivity contribution < 1.29 is 22.4 Å². The van der Waals surface area contributed by atoms with Crippen molar-refractivity contribution in [3.8, 4) is 0 Å². The van der Waals surface area contributed by atoms with Gasteiger partial charge in [-0.3, -0.25) is 4.79 Å². The van der Waals surface area contributed by atoms with Crippen molar-refractivity contribution >= 4 is 17.7 Å². The average molecular weight is 425 g/mol. The summed E-state index contributed by atoms with van der Waals surface area (Å²) < 4.78 is 52.0. The lowest BCUT2D eigenvalue weighted by Gasteiger charge is -2.30. The summed E-state index contributed by atoms with van der Waals surface area (Å²) in [6.45, 7) is 0. The molecule has 162 valence electrons. The van der Waals surface area contributed by atoms with Crippen molar-refractivity contribution in [1.29, 1.82) is 0 Å². The number of halogens is 4. The largest absolute Gasteiger partial charge is 0.419 e. The molecule has 1 aromatic carbocycles. The Morgan fingerprint density at radius 1 is 1.10 bits per heavy atom. The van der Waals surface area contributed by atoms with Gasteiger partial charge in [0.1, 0.15) is 11.6 Å². The van der Waals surface area contributed by atoms with E-state index in [1.54, 1.807) is 12.3 Å². The van der Waals surface area contributed by atoms with E-state index in [1.807, 2.05) is 19.0 Å². The van der Waals surface area contributed by atoms with Gasteiger partial charge in [-0.25, -0.2) is 9.37 Å². The van der Waals surface area contributed by atoms with Crippen LogP contribution in [0.3, 0.4) is 0 Å². The number of amides is 1. The number of rotatable bonds is 5. The Morgan fingerprint density at radius 3 is 2.40 bits per heavy atom. The third-order valence-corrected chi connectivity index (χ3v) is 5.03. The molecule has 1 saturated carbocycles. The number of nitrogens with one attached hydrogen (secondary N) is 2. The molecular weight excluding hydrogens is 402 g/mol. The first kappa shape index (κ1) is 21.8. The van der Waals surface area contributed by atoms with Crippen LogP contribution in [-0.2, 0) is 6.18 Å². The number of benzene rings is 1. The molecule has 1 aliphatic carbocycles. The van der Waals surface area contributed by atoms with Gasteiger partial charge in [-0.1, -0.05) is 0 Å². The van der Waals surface area contributed by atoms with Crippen LogP contribution in [-0.4, -0.2) is 42.1 Å². The molecule has 3 rings (SSSR count). The van der Waals surface area contributed by atoms with Crippen molar-refractivity contribution in [2.24, 2.45) is 0 Å². The molecule has 0 bridgehead atoms. The monoisotopic (exact) mass is 425 g/mol. The second-order valence-electron chi connectivity index (χ2n) is 7.49. The van der Waals surface area contributed by atoms with E-state index in [1.165, 1.54) is 0 Å². The smallest absolute Gasteiger partial charge is 0.363 e. The van der Waals surface area contributed by atoms with Gasteiger partial charge in [0.15, 0.2) is 0 Å². The molecule has 0 aliphatic heterocycles. The van der Waals surface area contributed by atoms with E-state index in [2.05, 4.69) is 20.6 Å². The zero-order chi connectivity index (χ0) is 21.9. The molecule has 0 unspecified atom stereocenters. The predicted octanol–water partition coefficient (Wildman–Crippen LogP) is 3.85. The van der Waals surface area contributed by atoms with E-state index >= 15 is 0 Å². The van der Waals surface area contributed by atoms with E-state index in [-0.39, 0.29) is 17.6 Å². The minimum Gasteiger partial charge on any atom is -0.363 e. The number of alkyl halides is 3. The third kappa shape index (κ3) is 5.37. The molecule has 2 aromatic rings. The van der Waals surface area contributed by atoms with Gasteiger partial charge in [0, 0.05) is 37.9 Å². The van der Waals surface area contributed by atoms with E-state index in [9.17, 15) is 22.4 Å². The maximum absolute atomic E-state index is 13.4. The first-order chi connectivity index (χ1) is 14.1. The van der Waals surface area contributed by atoms with E-state index in [4.69, 9.17) is 0 Å². The topological polar surface area (TPSA) is 70.2 Å². The summed E-state index contributed by atoms with van der Waals surface area (Å²) >= 11 is 0. The fourth-order valence-corrected chi connectivity index (χ4v) is 3.38. The number of carbonyl (C=O) groups excluding carboxylic acids is 1. The Balaban J connectivity index is 1.55. The lowest BCUT2D eigenvalue weighted by atomic mass is 9.91. The van der Waals surface area contributed by atoms with Crippen LogP contribution in [0.5, 0.6) is 0 Å². The fourth-order valence-electron chi connectivity index (χ4n) is 3.38. The molecule has 1 amide bonds. The second kappa shape index (κ2) is 8.85. The molecule has 6 nitrogen and oxygen atoms in total. The maximum Gasteiger partial charge on any atom is 0.419 e. The van der Waals surface area contributed by atoms with Crippen LogP contribution in [0.1, 0.15) is 41.6 Å². The molecule has 0 atom stereocenters. The average Bonchev–Trinajstić information content (AvgIpc) is 2.69. The highest BCUT2D eigenvalue weighted by Gasteiger charge is 2.35. The highest BCUT2D eigenvalue weighted by molar-refractivity contribution is 5.94. The van der Waals surface area contributed by atoms with Gasteiger partial charge < -0.3 is 15.5 Å². The quantitative estimate of drug-likeness (QED) is 0.712. The number of hydrogen-bond acceptors (Lipinski definition) is 5. The zero-order valence-electron chi connectivity index (χ0n) is 16.6. The Kier molecular flexibility index (Phi) is 6.42. The van der Waals surface area contributed by atoms with Crippen LogP contribution in [0.2, 0.25) is 0 Å². The summed E-state index contributed by atoms with van der Waals surface area (Å²) in [5, 5.41) is 6.03. The van der Waals surface area contributed by atoms with Gasteiger partial charge in [-0.05, 0) is 49.9 Å². The highest BCUT2D eigenvalue weighted by atomic mass is 19.4. The second-order valence-corrected chi connectivity index (χ2v) is 7.49. The fraction of sp³-hybridized carbons (Fsp3) is 0.450.